The van der Waals surface area contributed by atoms with Gasteiger partial charge >= 0.3 is 5.97 Å². The first-order valence-electron chi connectivity index (χ1n) is 6.78. The second-order valence-electron chi connectivity index (χ2n) is 4.92. The number of halogens is 1. The maximum Gasteiger partial charge on any atom is 0.337 e. The summed E-state index contributed by atoms with van der Waals surface area (Å²) in [4.78, 5) is 27.7. The quantitative estimate of drug-likeness (QED) is 0.736. The Balaban J connectivity index is 1.78. The van der Waals surface area contributed by atoms with E-state index in [0.717, 1.165) is 5.65 Å². The van der Waals surface area contributed by atoms with Crippen molar-refractivity contribution in [1.29, 1.82) is 0 Å². The minimum atomic E-state index is -1.10. The van der Waals surface area contributed by atoms with Gasteiger partial charge in [-0.3, -0.25) is 4.79 Å². The number of carboxylic acids is 1. The Morgan fingerprint density at radius 2 is 2.09 bits per heavy atom. The van der Waals surface area contributed by atoms with Gasteiger partial charge in [0.1, 0.15) is 5.65 Å². The van der Waals surface area contributed by atoms with Crippen LogP contribution in [-0.2, 0) is 11.2 Å². The average Bonchev–Trinajstić information content (AvgIpc) is 2.90. The second kappa shape index (κ2) is 6.21. The molecule has 0 fully saturated rings. The van der Waals surface area contributed by atoms with E-state index in [0.29, 0.717) is 10.2 Å². The molecule has 0 aliphatic carbocycles. The van der Waals surface area contributed by atoms with E-state index in [2.05, 4.69) is 26.2 Å². The van der Waals surface area contributed by atoms with Gasteiger partial charge in [0.05, 0.1) is 23.4 Å². The highest BCUT2D eigenvalue weighted by molar-refractivity contribution is 9.10. The van der Waals surface area contributed by atoms with Gasteiger partial charge in [0.15, 0.2) is 0 Å². The Labute approximate surface area is 139 Å². The van der Waals surface area contributed by atoms with Crippen LogP contribution >= 0.6 is 15.9 Å². The number of anilines is 1. The van der Waals surface area contributed by atoms with Crippen LogP contribution < -0.4 is 5.32 Å². The molecule has 6 nitrogen and oxygen atoms in total. The smallest absolute Gasteiger partial charge is 0.337 e. The highest BCUT2D eigenvalue weighted by Gasteiger charge is 2.14. The van der Waals surface area contributed by atoms with Crippen LogP contribution in [0.5, 0.6) is 0 Å². The monoisotopic (exact) mass is 373 g/mol. The average molecular weight is 374 g/mol. The molecule has 3 rings (SSSR count). The Morgan fingerprint density at radius 3 is 2.83 bits per heavy atom. The number of rotatable bonds is 4. The van der Waals surface area contributed by atoms with Crippen LogP contribution in [0.4, 0.5) is 5.69 Å². The molecule has 2 aromatic heterocycles. The fraction of sp³-hybridized carbons (Fsp3) is 0.0625. The largest absolute Gasteiger partial charge is 0.478 e. The van der Waals surface area contributed by atoms with E-state index >= 15 is 0 Å². The molecule has 0 radical (unpaired) electrons. The number of pyridine rings is 1. The number of nitrogens with zero attached hydrogens (tertiary/aromatic N) is 2. The topological polar surface area (TPSA) is 83.7 Å². The molecule has 0 aliphatic heterocycles. The number of imidazole rings is 1. The van der Waals surface area contributed by atoms with E-state index in [4.69, 9.17) is 0 Å². The first-order valence-corrected chi connectivity index (χ1v) is 7.57. The van der Waals surface area contributed by atoms with Crippen LogP contribution in [0.2, 0.25) is 0 Å². The lowest BCUT2D eigenvalue weighted by Gasteiger charge is -2.08. The van der Waals surface area contributed by atoms with Gasteiger partial charge in [-0.25, -0.2) is 9.78 Å². The molecule has 2 N–H and O–H groups in total. The van der Waals surface area contributed by atoms with E-state index < -0.39 is 5.97 Å². The zero-order valence-electron chi connectivity index (χ0n) is 11.9. The maximum absolute atomic E-state index is 12.2. The molecular weight excluding hydrogens is 362 g/mol. The summed E-state index contributed by atoms with van der Waals surface area (Å²) in [5.41, 5.74) is 1.66. The summed E-state index contributed by atoms with van der Waals surface area (Å²) in [6.07, 6.45) is 3.69. The fourth-order valence-electron chi connectivity index (χ4n) is 2.23. The predicted molar refractivity (Wildman–Crippen MR) is 88.6 cm³/mol. The number of carbonyl (C=O) groups is 2. The number of carboxylic acid groups (broad SMARTS) is 1. The van der Waals surface area contributed by atoms with Crippen LogP contribution in [0.1, 0.15) is 16.1 Å². The zero-order valence-corrected chi connectivity index (χ0v) is 13.4. The van der Waals surface area contributed by atoms with E-state index in [-0.39, 0.29) is 23.6 Å². The van der Waals surface area contributed by atoms with E-state index in [1.54, 1.807) is 18.3 Å². The minimum Gasteiger partial charge on any atom is -0.478 e. The first kappa shape index (κ1) is 15.2. The van der Waals surface area contributed by atoms with Crippen LogP contribution in [0, 0.1) is 0 Å². The third-order valence-electron chi connectivity index (χ3n) is 3.24. The summed E-state index contributed by atoms with van der Waals surface area (Å²) in [6.45, 7) is 0. The van der Waals surface area contributed by atoms with Gasteiger partial charge in [-0.15, -0.1) is 0 Å². The zero-order chi connectivity index (χ0) is 16.4. The second-order valence-corrected chi connectivity index (χ2v) is 5.83. The molecule has 2 heterocycles. The lowest BCUT2D eigenvalue weighted by molar-refractivity contribution is -0.115. The number of aromatic nitrogens is 2. The molecule has 116 valence electrons. The highest BCUT2D eigenvalue weighted by Crippen LogP contribution is 2.21. The molecule has 0 spiro atoms. The van der Waals surface area contributed by atoms with Crippen molar-refractivity contribution in [2.75, 3.05) is 5.32 Å². The molecule has 1 aromatic carbocycles. The molecule has 0 bridgehead atoms. The summed E-state index contributed by atoms with van der Waals surface area (Å²) in [7, 11) is 0. The fourth-order valence-corrected chi connectivity index (χ4v) is 2.59. The molecule has 0 atom stereocenters. The number of hydrogen-bond acceptors (Lipinski definition) is 3. The van der Waals surface area contributed by atoms with Crippen molar-refractivity contribution in [2.45, 2.75) is 6.42 Å². The van der Waals surface area contributed by atoms with Crippen LogP contribution in [-0.4, -0.2) is 26.4 Å². The standard InChI is InChI=1S/C16H12BrN3O3/c17-10-4-5-13(12(7-10)16(22)23)19-15(21)8-11-9-20-6-2-1-3-14(20)18-11/h1-7,9H,8H2,(H,19,21)(H,22,23). The van der Waals surface area contributed by atoms with E-state index in [9.17, 15) is 14.7 Å². The van der Waals surface area contributed by atoms with E-state index in [1.807, 2.05) is 28.8 Å². The van der Waals surface area contributed by atoms with Gasteiger partial charge in [-0.1, -0.05) is 22.0 Å². The molecule has 1 amide bonds. The third kappa shape index (κ3) is 3.40. The molecule has 0 saturated heterocycles. The Morgan fingerprint density at radius 1 is 1.26 bits per heavy atom. The lowest BCUT2D eigenvalue weighted by Crippen LogP contribution is -2.17. The van der Waals surface area contributed by atoms with Gasteiger partial charge in [-0.05, 0) is 30.3 Å². The van der Waals surface area contributed by atoms with Gasteiger partial charge in [0, 0.05) is 16.9 Å². The molecule has 0 aliphatic rings. The van der Waals surface area contributed by atoms with Gasteiger partial charge in [0.25, 0.3) is 0 Å². The minimum absolute atomic E-state index is 0.0303. The van der Waals surface area contributed by atoms with Gasteiger partial charge in [-0.2, -0.15) is 0 Å². The normalized spacial score (nSPS) is 10.7. The molecule has 0 saturated carbocycles. The number of amides is 1. The van der Waals surface area contributed by atoms with Crippen LogP contribution in [0.15, 0.2) is 53.3 Å². The van der Waals surface area contributed by atoms with Crippen molar-refractivity contribution in [3.05, 3.63) is 64.5 Å². The molecule has 3 aromatic rings. The summed E-state index contributed by atoms with van der Waals surface area (Å²) in [6, 6.07) is 10.3. The number of nitrogens with one attached hydrogen (secondary N) is 1. The molecule has 23 heavy (non-hydrogen) atoms. The number of hydrogen-bond donors (Lipinski definition) is 2. The Kier molecular flexibility index (Phi) is 4.12. The van der Waals surface area contributed by atoms with E-state index in [1.165, 1.54) is 6.07 Å². The first-order chi connectivity index (χ1) is 11.0. The molecule has 7 heteroatoms. The summed E-state index contributed by atoms with van der Waals surface area (Å²) < 4.78 is 2.46. The third-order valence-corrected chi connectivity index (χ3v) is 3.73. The molecule has 0 unspecified atom stereocenters. The maximum atomic E-state index is 12.2. The predicted octanol–water partition coefficient (Wildman–Crippen LogP) is 2.98. The van der Waals surface area contributed by atoms with Gasteiger partial charge < -0.3 is 14.8 Å². The van der Waals surface area contributed by atoms with Gasteiger partial charge in [0.2, 0.25) is 5.91 Å². The van der Waals surface area contributed by atoms with Crippen molar-refractivity contribution in [3.8, 4) is 0 Å². The van der Waals surface area contributed by atoms with Crippen molar-refractivity contribution < 1.29 is 14.7 Å². The number of aromatic carboxylic acids is 1. The van der Waals surface area contributed by atoms with Crippen molar-refractivity contribution in [2.24, 2.45) is 0 Å². The lowest BCUT2D eigenvalue weighted by atomic mass is 10.1. The van der Waals surface area contributed by atoms with Crippen molar-refractivity contribution in [1.82, 2.24) is 9.38 Å². The SMILES string of the molecule is O=C(Cc1cn2ccccc2n1)Nc1ccc(Br)cc1C(=O)O. The summed E-state index contributed by atoms with van der Waals surface area (Å²) in [5, 5.41) is 11.8. The highest BCUT2D eigenvalue weighted by atomic mass is 79.9. The number of benzene rings is 1. The van der Waals surface area contributed by atoms with Crippen LogP contribution in [0.25, 0.3) is 5.65 Å². The summed E-state index contributed by atoms with van der Waals surface area (Å²) in [5.74, 6) is -1.42. The Hall–Kier alpha value is -2.67. The molecular formula is C16H12BrN3O3. The summed E-state index contributed by atoms with van der Waals surface area (Å²) >= 11 is 3.22. The Bertz CT molecular complexity index is 871. The van der Waals surface area contributed by atoms with Crippen LogP contribution in [0.3, 0.4) is 0 Å². The van der Waals surface area contributed by atoms with Crippen molar-refractivity contribution >= 4 is 39.1 Å². The number of carbonyl (C=O) groups excluding carboxylic acids is 1. The van der Waals surface area contributed by atoms with Crippen molar-refractivity contribution in [3.63, 3.8) is 0 Å². The number of fused-ring (bicyclic) bond motifs is 1.